The molecule has 0 spiro atoms. The quantitative estimate of drug-likeness (QED) is 0.568. The first-order valence-corrected chi connectivity index (χ1v) is 6.57. The molecule has 0 aromatic carbocycles. The maximum atomic E-state index is 11.4. The fourth-order valence-electron chi connectivity index (χ4n) is 1.96. The second-order valence-electron chi connectivity index (χ2n) is 4.09. The summed E-state index contributed by atoms with van der Waals surface area (Å²) < 4.78 is 2.03. The summed E-state index contributed by atoms with van der Waals surface area (Å²) >= 11 is 1.68. The van der Waals surface area contributed by atoms with E-state index in [4.69, 9.17) is 5.21 Å². The number of thiophene rings is 1. The van der Waals surface area contributed by atoms with Gasteiger partial charge in [0.05, 0.1) is 23.1 Å². The number of hydrogen-bond acceptors (Lipinski definition) is 4. The summed E-state index contributed by atoms with van der Waals surface area (Å²) in [5.41, 5.74) is 3.65. The van der Waals surface area contributed by atoms with Gasteiger partial charge in [-0.25, -0.2) is 5.48 Å². The number of hydrogen-bond donors (Lipinski definition) is 2. The van der Waals surface area contributed by atoms with Crippen molar-refractivity contribution in [3.05, 3.63) is 52.5 Å². The van der Waals surface area contributed by atoms with Crippen molar-refractivity contribution in [2.45, 2.75) is 6.54 Å². The van der Waals surface area contributed by atoms with Gasteiger partial charge in [0.2, 0.25) is 0 Å². The zero-order valence-corrected chi connectivity index (χ0v) is 10.7. The smallest absolute Gasteiger partial charge is 0.276 e. The molecule has 3 aromatic rings. The van der Waals surface area contributed by atoms with Crippen molar-refractivity contribution in [2.24, 2.45) is 0 Å². The average Bonchev–Trinajstić information content (AvgIpc) is 3.08. The van der Waals surface area contributed by atoms with E-state index in [9.17, 15) is 4.79 Å². The molecular formula is C13H11N3O2S. The van der Waals surface area contributed by atoms with Crippen LogP contribution in [0.4, 0.5) is 0 Å². The minimum Gasteiger partial charge on any atom is -0.341 e. The van der Waals surface area contributed by atoms with Crippen LogP contribution in [0.1, 0.15) is 15.2 Å². The fraction of sp³-hybridized carbons (Fsp3) is 0.0769. The molecule has 0 bridgehead atoms. The molecule has 2 N–H and O–H groups in total. The summed E-state index contributed by atoms with van der Waals surface area (Å²) in [4.78, 5) is 16.8. The summed E-state index contributed by atoms with van der Waals surface area (Å²) in [6.07, 6.45) is 3.39. The number of carbonyl (C=O) groups excluding carboxylic acids is 1. The average molecular weight is 273 g/mol. The van der Waals surface area contributed by atoms with Crippen LogP contribution in [0.15, 0.2) is 42.0 Å². The van der Waals surface area contributed by atoms with Gasteiger partial charge in [-0.3, -0.25) is 15.0 Å². The highest BCUT2D eigenvalue weighted by atomic mass is 32.1. The van der Waals surface area contributed by atoms with Crippen LogP contribution in [-0.4, -0.2) is 20.7 Å². The van der Waals surface area contributed by atoms with E-state index in [0.717, 1.165) is 17.6 Å². The Morgan fingerprint density at radius 1 is 1.47 bits per heavy atom. The molecule has 3 heterocycles. The van der Waals surface area contributed by atoms with Crippen molar-refractivity contribution in [3.8, 4) is 0 Å². The minimum absolute atomic E-state index is 0.334. The zero-order chi connectivity index (χ0) is 13.2. The van der Waals surface area contributed by atoms with E-state index in [2.05, 4.69) is 11.1 Å². The van der Waals surface area contributed by atoms with Crippen LogP contribution in [0.2, 0.25) is 0 Å². The first-order chi connectivity index (χ1) is 9.28. The van der Waals surface area contributed by atoms with Crippen LogP contribution in [0, 0.1) is 0 Å². The summed E-state index contributed by atoms with van der Waals surface area (Å²) in [6.45, 7) is 0.743. The van der Waals surface area contributed by atoms with Crippen LogP contribution in [0.3, 0.4) is 0 Å². The molecule has 0 aliphatic rings. The Bertz CT molecular complexity index is 719. The van der Waals surface area contributed by atoms with Crippen molar-refractivity contribution < 1.29 is 10.0 Å². The van der Waals surface area contributed by atoms with Gasteiger partial charge in [-0.1, -0.05) is 6.07 Å². The fourth-order valence-corrected chi connectivity index (χ4v) is 2.66. The normalized spacial score (nSPS) is 10.8. The number of rotatable bonds is 3. The Labute approximate surface area is 113 Å². The lowest BCUT2D eigenvalue weighted by Crippen LogP contribution is -2.18. The topological polar surface area (TPSA) is 67.2 Å². The Hall–Kier alpha value is -2.18. The molecule has 0 unspecified atom stereocenters. The van der Waals surface area contributed by atoms with E-state index < -0.39 is 5.91 Å². The van der Waals surface area contributed by atoms with Gasteiger partial charge < -0.3 is 4.57 Å². The van der Waals surface area contributed by atoms with Gasteiger partial charge in [-0.2, -0.15) is 0 Å². The largest absolute Gasteiger partial charge is 0.341 e. The molecule has 0 aliphatic carbocycles. The van der Waals surface area contributed by atoms with Gasteiger partial charge in [0.25, 0.3) is 5.91 Å². The lowest BCUT2D eigenvalue weighted by Gasteiger charge is -2.04. The number of hydroxylamine groups is 1. The molecule has 0 fully saturated rings. The molecule has 3 aromatic heterocycles. The summed E-state index contributed by atoms with van der Waals surface area (Å²) in [5.74, 6) is -0.557. The van der Waals surface area contributed by atoms with Gasteiger partial charge in [0.15, 0.2) is 0 Å². The van der Waals surface area contributed by atoms with E-state index in [0.29, 0.717) is 5.56 Å². The van der Waals surface area contributed by atoms with Gasteiger partial charge in [0.1, 0.15) is 0 Å². The molecule has 0 saturated heterocycles. The Morgan fingerprint density at radius 2 is 2.37 bits per heavy atom. The summed E-state index contributed by atoms with van der Waals surface area (Å²) in [5, 5.41) is 10.7. The second kappa shape index (κ2) is 4.83. The maximum absolute atomic E-state index is 11.4. The number of carbonyl (C=O) groups is 1. The van der Waals surface area contributed by atoms with Crippen LogP contribution in [-0.2, 0) is 6.54 Å². The second-order valence-corrected chi connectivity index (χ2v) is 5.12. The van der Waals surface area contributed by atoms with Crippen molar-refractivity contribution in [1.82, 2.24) is 15.0 Å². The number of pyridine rings is 1. The highest BCUT2D eigenvalue weighted by molar-refractivity contribution is 7.09. The number of nitrogens with zero attached hydrogens (tertiary/aromatic N) is 2. The molecule has 0 atom stereocenters. The predicted octanol–water partition coefficient (Wildman–Crippen LogP) is 2.27. The van der Waals surface area contributed by atoms with Crippen molar-refractivity contribution in [3.63, 3.8) is 0 Å². The molecule has 0 aliphatic heterocycles. The van der Waals surface area contributed by atoms with Crippen molar-refractivity contribution in [2.75, 3.05) is 0 Å². The van der Waals surface area contributed by atoms with Crippen molar-refractivity contribution >= 4 is 28.3 Å². The Balaban J connectivity index is 2.03. The predicted molar refractivity (Wildman–Crippen MR) is 72.4 cm³/mol. The van der Waals surface area contributed by atoms with Gasteiger partial charge >= 0.3 is 0 Å². The highest BCUT2D eigenvalue weighted by Gasteiger charge is 2.09. The number of nitrogens with one attached hydrogen (secondary N) is 1. The molecule has 3 rings (SSSR count). The zero-order valence-electron chi connectivity index (χ0n) is 9.91. The van der Waals surface area contributed by atoms with Crippen LogP contribution in [0.25, 0.3) is 11.0 Å². The minimum atomic E-state index is -0.557. The monoisotopic (exact) mass is 273 g/mol. The lowest BCUT2D eigenvalue weighted by molar-refractivity contribution is 0.0706. The number of fused-ring (bicyclic) bond motifs is 1. The van der Waals surface area contributed by atoms with Gasteiger partial charge in [-0.15, -0.1) is 11.3 Å². The van der Waals surface area contributed by atoms with Crippen LogP contribution >= 0.6 is 11.3 Å². The van der Waals surface area contributed by atoms with Gasteiger partial charge in [0, 0.05) is 17.3 Å². The molecule has 96 valence electrons. The Kier molecular flexibility index (Phi) is 3.02. The SMILES string of the molecule is O=C(NO)c1cnc2ccn(Cc3cccs3)c2c1. The third kappa shape index (κ3) is 2.23. The van der Waals surface area contributed by atoms with Crippen molar-refractivity contribution in [1.29, 1.82) is 0 Å². The lowest BCUT2D eigenvalue weighted by atomic mass is 10.2. The first kappa shape index (κ1) is 11.9. The summed E-state index contributed by atoms with van der Waals surface area (Å²) in [7, 11) is 0. The van der Waals surface area contributed by atoms with E-state index in [1.54, 1.807) is 22.9 Å². The Morgan fingerprint density at radius 3 is 3.11 bits per heavy atom. The van der Waals surface area contributed by atoms with Crippen LogP contribution in [0.5, 0.6) is 0 Å². The third-order valence-corrected chi connectivity index (χ3v) is 3.75. The molecule has 19 heavy (non-hydrogen) atoms. The maximum Gasteiger partial charge on any atom is 0.276 e. The molecule has 5 nitrogen and oxygen atoms in total. The number of amides is 1. The van der Waals surface area contributed by atoms with E-state index in [1.165, 1.54) is 11.1 Å². The summed E-state index contributed by atoms with van der Waals surface area (Å²) in [6, 6.07) is 7.70. The van der Waals surface area contributed by atoms with E-state index in [1.807, 2.05) is 28.3 Å². The molecular weight excluding hydrogens is 262 g/mol. The standard InChI is InChI=1S/C13H11N3O2S/c17-13(15-18)9-6-12-11(14-7-9)3-4-16(12)8-10-2-1-5-19-10/h1-7,18H,8H2,(H,15,17). The third-order valence-electron chi connectivity index (χ3n) is 2.89. The van der Waals surface area contributed by atoms with E-state index in [-0.39, 0.29) is 0 Å². The molecule has 0 radical (unpaired) electrons. The highest BCUT2D eigenvalue weighted by Crippen LogP contribution is 2.18. The van der Waals surface area contributed by atoms with E-state index >= 15 is 0 Å². The van der Waals surface area contributed by atoms with Crippen LogP contribution < -0.4 is 5.48 Å². The van der Waals surface area contributed by atoms with Gasteiger partial charge in [-0.05, 0) is 23.6 Å². The molecule has 6 heteroatoms. The first-order valence-electron chi connectivity index (χ1n) is 5.69. The molecule has 0 saturated carbocycles. The number of aromatic nitrogens is 2. The molecule has 1 amide bonds.